The summed E-state index contributed by atoms with van der Waals surface area (Å²) in [6.45, 7) is 4.01. The number of nitro groups is 1. The number of nitrogens with zero attached hydrogens (tertiary/aromatic N) is 2. The lowest BCUT2D eigenvalue weighted by Crippen LogP contribution is -2.11. The van der Waals surface area contributed by atoms with E-state index in [1.165, 1.54) is 47.7 Å². The second-order valence-electron chi connectivity index (χ2n) is 7.28. The van der Waals surface area contributed by atoms with Gasteiger partial charge in [-0.3, -0.25) is 20.2 Å². The van der Waals surface area contributed by atoms with Crippen LogP contribution in [0.3, 0.4) is 0 Å². The van der Waals surface area contributed by atoms with Crippen LogP contribution in [0.25, 0.3) is 21.7 Å². The van der Waals surface area contributed by atoms with Crippen LogP contribution in [-0.4, -0.2) is 15.8 Å². The first-order valence-electron chi connectivity index (χ1n) is 9.72. The Kier molecular flexibility index (Phi) is 5.79. The number of nitro benzene ring substituents is 1. The van der Waals surface area contributed by atoms with Gasteiger partial charge in [0, 0.05) is 23.3 Å². The third-order valence-electron chi connectivity index (χ3n) is 4.93. The zero-order valence-electron chi connectivity index (χ0n) is 17.3. The number of rotatable bonds is 5. The summed E-state index contributed by atoms with van der Waals surface area (Å²) in [6, 6.07) is 17.5. The van der Waals surface area contributed by atoms with Crippen molar-refractivity contribution < 1.29 is 14.1 Å². The fraction of sp³-hybridized carbons (Fsp3) is 0.0833. The Bertz CT molecular complexity index is 1320. The zero-order valence-corrected chi connectivity index (χ0v) is 18.1. The van der Waals surface area contributed by atoms with Crippen LogP contribution in [0.4, 0.5) is 15.2 Å². The van der Waals surface area contributed by atoms with Gasteiger partial charge in [0.1, 0.15) is 5.82 Å². The number of hydrogen-bond donors (Lipinski definition) is 1. The average molecular weight is 447 g/mol. The van der Waals surface area contributed by atoms with Gasteiger partial charge in [0.05, 0.1) is 15.5 Å². The van der Waals surface area contributed by atoms with Crippen LogP contribution in [0, 0.1) is 29.8 Å². The number of nitrogens with one attached hydrogen (secondary N) is 1. The minimum Gasteiger partial charge on any atom is -0.298 e. The monoisotopic (exact) mass is 447 g/mol. The summed E-state index contributed by atoms with van der Waals surface area (Å²) >= 11 is 1.31. The maximum Gasteiger partial charge on any atom is 0.269 e. The van der Waals surface area contributed by atoms with Crippen molar-refractivity contribution in [3.05, 3.63) is 99.4 Å². The lowest BCUT2D eigenvalue weighted by atomic mass is 10.0. The van der Waals surface area contributed by atoms with E-state index in [1.54, 1.807) is 12.1 Å². The molecule has 0 fully saturated rings. The topological polar surface area (TPSA) is 85.1 Å². The van der Waals surface area contributed by atoms with Gasteiger partial charge in [-0.2, -0.15) is 0 Å². The predicted octanol–water partition coefficient (Wildman–Crippen LogP) is 6.39. The molecular weight excluding hydrogens is 429 g/mol. The summed E-state index contributed by atoms with van der Waals surface area (Å²) in [5.74, 6) is -0.824. The molecule has 0 radical (unpaired) electrons. The van der Waals surface area contributed by atoms with Crippen LogP contribution in [0.2, 0.25) is 0 Å². The Balaban J connectivity index is 1.76. The normalized spacial score (nSPS) is 10.7. The van der Waals surface area contributed by atoms with E-state index in [0.717, 1.165) is 21.6 Å². The van der Waals surface area contributed by atoms with Crippen LogP contribution < -0.4 is 5.32 Å². The molecule has 32 heavy (non-hydrogen) atoms. The van der Waals surface area contributed by atoms with Gasteiger partial charge in [-0.15, -0.1) is 0 Å². The van der Waals surface area contributed by atoms with Gasteiger partial charge in [0.25, 0.3) is 11.6 Å². The van der Waals surface area contributed by atoms with E-state index in [-0.39, 0.29) is 5.69 Å². The Morgan fingerprint density at radius 2 is 1.72 bits per heavy atom. The van der Waals surface area contributed by atoms with E-state index >= 15 is 0 Å². The highest BCUT2D eigenvalue weighted by molar-refractivity contribution is 7.19. The highest BCUT2D eigenvalue weighted by atomic mass is 32.1. The van der Waals surface area contributed by atoms with Crippen molar-refractivity contribution in [2.24, 2.45) is 0 Å². The van der Waals surface area contributed by atoms with Crippen molar-refractivity contribution in [1.82, 2.24) is 4.98 Å². The number of halogens is 1. The molecule has 0 bridgehead atoms. The zero-order chi connectivity index (χ0) is 22.8. The largest absolute Gasteiger partial charge is 0.298 e. The Morgan fingerprint density at radius 1 is 1.03 bits per heavy atom. The van der Waals surface area contributed by atoms with Crippen molar-refractivity contribution in [3.8, 4) is 21.7 Å². The molecule has 0 aliphatic heterocycles. The molecule has 0 saturated carbocycles. The summed E-state index contributed by atoms with van der Waals surface area (Å²) in [5, 5.41) is 14.2. The quantitative estimate of drug-likeness (QED) is 0.284. The Labute approximate surface area is 187 Å². The number of anilines is 1. The molecule has 160 valence electrons. The highest BCUT2D eigenvalue weighted by Gasteiger charge is 2.19. The predicted molar refractivity (Wildman–Crippen MR) is 123 cm³/mol. The lowest BCUT2D eigenvalue weighted by molar-refractivity contribution is -0.384. The third-order valence-corrected chi connectivity index (χ3v) is 5.94. The molecule has 0 atom stereocenters. The summed E-state index contributed by atoms with van der Waals surface area (Å²) in [4.78, 5) is 28.6. The fourth-order valence-corrected chi connectivity index (χ4v) is 4.40. The fourth-order valence-electron chi connectivity index (χ4n) is 3.33. The van der Waals surface area contributed by atoms with Gasteiger partial charge in [0.15, 0.2) is 5.13 Å². The SMILES string of the molecule is Cc1ccc(-c2sc(NC(=O)c3ccc(F)cc3)nc2-c2ccc([N+](=O)[O-])cc2)c(C)c1. The number of thiazole rings is 1. The van der Waals surface area contributed by atoms with E-state index in [9.17, 15) is 19.3 Å². The van der Waals surface area contributed by atoms with Crippen LogP contribution >= 0.6 is 11.3 Å². The standard InChI is InChI=1S/C24H18FN3O3S/c1-14-3-12-20(15(2)13-14)22-21(16-6-10-19(11-7-16)28(30)31)26-24(32-22)27-23(29)17-4-8-18(25)9-5-17/h3-13H,1-2H3,(H,26,27,29). The molecule has 0 aliphatic rings. The van der Waals surface area contributed by atoms with E-state index in [4.69, 9.17) is 0 Å². The van der Waals surface area contributed by atoms with Gasteiger partial charge < -0.3 is 0 Å². The highest BCUT2D eigenvalue weighted by Crippen LogP contribution is 2.41. The van der Waals surface area contributed by atoms with Crippen LogP contribution in [0.5, 0.6) is 0 Å². The molecule has 1 N–H and O–H groups in total. The second kappa shape index (κ2) is 8.68. The second-order valence-corrected chi connectivity index (χ2v) is 8.28. The molecule has 1 aromatic heterocycles. The van der Waals surface area contributed by atoms with Crippen LogP contribution in [-0.2, 0) is 0 Å². The molecule has 0 spiro atoms. The van der Waals surface area contributed by atoms with Crippen molar-refractivity contribution in [2.45, 2.75) is 13.8 Å². The number of non-ortho nitro benzene ring substituents is 1. The van der Waals surface area contributed by atoms with E-state index in [0.29, 0.717) is 22.0 Å². The minimum absolute atomic E-state index is 0.0121. The number of amides is 1. The van der Waals surface area contributed by atoms with Crippen molar-refractivity contribution in [2.75, 3.05) is 5.32 Å². The van der Waals surface area contributed by atoms with Gasteiger partial charge in [-0.1, -0.05) is 35.1 Å². The number of benzene rings is 3. The Morgan fingerprint density at radius 3 is 2.34 bits per heavy atom. The first kappa shape index (κ1) is 21.3. The molecule has 4 aromatic rings. The molecule has 6 nitrogen and oxygen atoms in total. The molecular formula is C24H18FN3O3S. The number of aryl methyl sites for hydroxylation is 2. The van der Waals surface area contributed by atoms with E-state index in [1.807, 2.05) is 26.0 Å². The molecule has 3 aromatic carbocycles. The number of aromatic nitrogens is 1. The van der Waals surface area contributed by atoms with E-state index in [2.05, 4.69) is 16.4 Å². The summed E-state index contributed by atoms with van der Waals surface area (Å²) in [5.41, 5.74) is 4.75. The van der Waals surface area contributed by atoms with Gasteiger partial charge in [-0.05, 0) is 61.4 Å². The number of carbonyl (C=O) groups excluding carboxylic acids is 1. The lowest BCUT2D eigenvalue weighted by Gasteiger charge is -2.07. The molecule has 4 rings (SSSR count). The molecule has 0 saturated heterocycles. The maximum atomic E-state index is 13.2. The maximum absolute atomic E-state index is 13.2. The van der Waals surface area contributed by atoms with Crippen molar-refractivity contribution >= 4 is 28.1 Å². The Hall–Kier alpha value is -3.91. The van der Waals surface area contributed by atoms with Crippen molar-refractivity contribution in [1.29, 1.82) is 0 Å². The molecule has 0 aliphatic carbocycles. The minimum atomic E-state index is -0.454. The van der Waals surface area contributed by atoms with Gasteiger partial charge >= 0.3 is 0 Å². The first-order valence-corrected chi connectivity index (χ1v) is 10.5. The number of hydrogen-bond acceptors (Lipinski definition) is 5. The average Bonchev–Trinajstić information content (AvgIpc) is 3.17. The third kappa shape index (κ3) is 4.40. The van der Waals surface area contributed by atoms with Crippen molar-refractivity contribution in [3.63, 3.8) is 0 Å². The molecule has 8 heteroatoms. The summed E-state index contributed by atoms with van der Waals surface area (Å²) in [6.07, 6.45) is 0. The van der Waals surface area contributed by atoms with Gasteiger partial charge in [-0.25, -0.2) is 9.37 Å². The smallest absolute Gasteiger partial charge is 0.269 e. The number of carbonyl (C=O) groups is 1. The van der Waals surface area contributed by atoms with Gasteiger partial charge in [0.2, 0.25) is 0 Å². The van der Waals surface area contributed by atoms with Crippen LogP contribution in [0.1, 0.15) is 21.5 Å². The summed E-state index contributed by atoms with van der Waals surface area (Å²) < 4.78 is 13.2. The molecule has 0 unspecified atom stereocenters. The molecule has 1 amide bonds. The van der Waals surface area contributed by atoms with Crippen LogP contribution in [0.15, 0.2) is 66.7 Å². The summed E-state index contributed by atoms with van der Waals surface area (Å²) in [7, 11) is 0. The first-order chi connectivity index (χ1) is 15.3. The van der Waals surface area contributed by atoms with E-state index < -0.39 is 16.6 Å². The molecule has 1 heterocycles.